The Hall–Kier alpha value is -6.07. The van der Waals surface area contributed by atoms with Gasteiger partial charge in [-0.1, -0.05) is 100 Å². The van der Waals surface area contributed by atoms with Crippen LogP contribution in [0, 0.1) is 32.9 Å². The number of para-hydroxylation sites is 3. The van der Waals surface area contributed by atoms with Crippen LogP contribution in [-0.4, -0.2) is 30.5 Å². The van der Waals surface area contributed by atoms with Gasteiger partial charge in [0.25, 0.3) is 11.4 Å². The van der Waals surface area contributed by atoms with Crippen molar-refractivity contribution in [2.45, 2.75) is 73.1 Å². The molecule has 0 atom stereocenters. The fourth-order valence-electron chi connectivity index (χ4n) is 7.37. The molecule has 0 saturated heterocycles. The molecule has 3 aromatic heterocycles. The van der Waals surface area contributed by atoms with Crippen LogP contribution in [0.2, 0.25) is 0 Å². The van der Waals surface area contributed by atoms with Gasteiger partial charge in [0.15, 0.2) is 0 Å². The molecule has 0 fully saturated rings. The van der Waals surface area contributed by atoms with E-state index in [1.54, 1.807) is 0 Å². The molecule has 0 amide bonds. The molecule has 0 bridgehead atoms. The summed E-state index contributed by atoms with van der Waals surface area (Å²) in [6.07, 6.45) is 1.81. The van der Waals surface area contributed by atoms with Crippen LogP contribution in [0.1, 0.15) is 69.9 Å². The van der Waals surface area contributed by atoms with Crippen molar-refractivity contribution in [2.24, 2.45) is 0 Å². The Morgan fingerprint density at radius 1 is 0.661 bits per heavy atom. The normalized spacial score (nSPS) is 12.6. The van der Waals surface area contributed by atoms with Crippen molar-refractivity contribution in [3.05, 3.63) is 150 Å². The van der Waals surface area contributed by atoms with E-state index in [4.69, 9.17) is 24.7 Å². The van der Waals surface area contributed by atoms with Crippen LogP contribution in [0.15, 0.2) is 109 Å². The first-order chi connectivity index (χ1) is 27.7. The fourth-order valence-corrected chi connectivity index (χ4v) is 7.37. The zero-order valence-corrected chi connectivity index (χ0v) is 37.0. The SMILES string of the molecule is Cc1cc([N+]2=C=[N+](c3[c-]c(Oc4[c-]c5c(cc4-c4nc(C(C)(C)C)nc(C(C)(C)C)n4)c4ccccc4n5-c4ccccn4)ccc3)c3ccccc32)cc(C)c1C.[Pt+2]. The zero-order chi connectivity index (χ0) is 40.5. The number of rotatable bonds is 6. The van der Waals surface area contributed by atoms with Gasteiger partial charge in [-0.05, 0) is 71.2 Å². The van der Waals surface area contributed by atoms with E-state index < -0.39 is 0 Å². The summed E-state index contributed by atoms with van der Waals surface area (Å²) in [5, 5.41) is 2.04. The van der Waals surface area contributed by atoms with E-state index in [1.165, 1.54) is 16.7 Å². The third kappa shape index (κ3) is 7.22. The van der Waals surface area contributed by atoms with E-state index in [-0.39, 0.29) is 31.9 Å². The summed E-state index contributed by atoms with van der Waals surface area (Å²) >= 11 is 0. The standard InChI is InChI=1S/C50H45N7O.Pt/c1-31-25-35(26-32(2)33(31)3)56-30-55(41-21-12-13-22-42(41)56)34-17-16-18-36(27-34)58-44-29-43-38(37-19-10-11-20-40(37)57(43)45-23-14-15-24-51-45)28-39(44)46-52-47(49(4,5)6)54-48(53-46)50(7,8)9;/h10-26,28H,1-9H3;/q;+2. The minimum atomic E-state index is -0.327. The number of fused-ring (bicyclic) bond motifs is 4. The molecular formula is C50H45N7OPt+2. The first-order valence-corrected chi connectivity index (χ1v) is 19.7. The molecule has 5 aromatic carbocycles. The molecule has 59 heavy (non-hydrogen) atoms. The van der Waals surface area contributed by atoms with Crippen LogP contribution < -0.4 is 13.9 Å². The molecule has 0 unspecified atom stereocenters. The largest absolute Gasteiger partial charge is 2.00 e. The number of hydrogen-bond donors (Lipinski definition) is 0. The first kappa shape index (κ1) is 39.7. The van der Waals surface area contributed by atoms with Crippen molar-refractivity contribution in [1.82, 2.24) is 33.7 Å². The van der Waals surface area contributed by atoms with E-state index in [0.717, 1.165) is 50.4 Å². The van der Waals surface area contributed by atoms with Crippen LogP contribution in [0.4, 0.5) is 22.7 Å². The van der Waals surface area contributed by atoms with Crippen LogP contribution >= 0.6 is 0 Å². The van der Waals surface area contributed by atoms with E-state index in [0.29, 0.717) is 34.5 Å². The number of hydrogen-bond acceptors (Lipinski definition) is 5. The van der Waals surface area contributed by atoms with Crippen LogP contribution in [0.5, 0.6) is 11.5 Å². The molecule has 0 N–H and O–H groups in total. The van der Waals surface area contributed by atoms with Crippen LogP contribution in [0.3, 0.4) is 0 Å². The molecule has 294 valence electrons. The molecule has 9 heteroatoms. The van der Waals surface area contributed by atoms with Gasteiger partial charge in [0.2, 0.25) is 5.69 Å². The summed E-state index contributed by atoms with van der Waals surface area (Å²) in [7, 11) is 0. The summed E-state index contributed by atoms with van der Waals surface area (Å²) in [5.74, 6) is 3.70. The Morgan fingerprint density at radius 3 is 1.97 bits per heavy atom. The summed E-state index contributed by atoms with van der Waals surface area (Å²) in [6.45, 7) is 19.2. The second kappa shape index (κ2) is 14.9. The molecule has 1 aliphatic heterocycles. The Bertz CT molecular complexity index is 2960. The van der Waals surface area contributed by atoms with Gasteiger partial charge < -0.3 is 9.30 Å². The van der Waals surface area contributed by atoms with E-state index >= 15 is 0 Å². The molecule has 8 aromatic rings. The molecule has 0 radical (unpaired) electrons. The van der Waals surface area contributed by atoms with Gasteiger partial charge in [-0.3, -0.25) is 0 Å². The predicted molar refractivity (Wildman–Crippen MR) is 234 cm³/mol. The Balaban J connectivity index is 0.00000484. The van der Waals surface area contributed by atoms with Crippen molar-refractivity contribution in [3.8, 4) is 28.7 Å². The van der Waals surface area contributed by atoms with E-state index in [9.17, 15) is 0 Å². The topological polar surface area (TPSA) is 71.7 Å². The molecule has 8 nitrogen and oxygen atoms in total. The Morgan fingerprint density at radius 2 is 1.31 bits per heavy atom. The molecule has 9 rings (SSSR count). The first-order valence-electron chi connectivity index (χ1n) is 19.7. The number of aromatic nitrogens is 5. The van der Waals surface area contributed by atoms with Crippen LogP contribution in [-0.2, 0) is 31.9 Å². The number of pyridine rings is 1. The van der Waals surface area contributed by atoms with Gasteiger partial charge in [-0.25, -0.2) is 19.9 Å². The number of ether oxygens (including phenoxy) is 1. The van der Waals surface area contributed by atoms with Gasteiger partial charge in [0, 0.05) is 58.3 Å². The van der Waals surface area contributed by atoms with Crippen molar-refractivity contribution >= 4 is 50.6 Å². The van der Waals surface area contributed by atoms with Crippen molar-refractivity contribution in [1.29, 1.82) is 0 Å². The second-order valence-corrected chi connectivity index (χ2v) is 17.1. The minimum absolute atomic E-state index is 0. The minimum Gasteiger partial charge on any atom is -0.508 e. The molecule has 4 heterocycles. The van der Waals surface area contributed by atoms with Gasteiger partial charge in [0.05, 0.1) is 0 Å². The maximum absolute atomic E-state index is 6.94. The van der Waals surface area contributed by atoms with Gasteiger partial charge >= 0.3 is 27.1 Å². The van der Waals surface area contributed by atoms with Crippen molar-refractivity contribution in [2.75, 3.05) is 0 Å². The number of benzene rings is 5. The zero-order valence-electron chi connectivity index (χ0n) is 34.7. The van der Waals surface area contributed by atoms with Gasteiger partial charge in [0.1, 0.15) is 29.0 Å². The summed E-state index contributed by atoms with van der Waals surface area (Å²) in [5.41, 5.74) is 9.52. The van der Waals surface area contributed by atoms with Crippen LogP contribution in [0.25, 0.3) is 39.0 Å². The summed E-state index contributed by atoms with van der Waals surface area (Å²) in [6, 6.07) is 46.0. The number of aryl methyl sites for hydroxylation is 2. The molecular weight excluding hydrogens is 910 g/mol. The summed E-state index contributed by atoms with van der Waals surface area (Å²) < 4.78 is 13.2. The number of nitrogens with zero attached hydrogens (tertiary/aromatic N) is 7. The average Bonchev–Trinajstić information content (AvgIpc) is 3.75. The monoisotopic (exact) mass is 954 g/mol. The molecule has 0 aliphatic carbocycles. The second-order valence-electron chi connectivity index (χ2n) is 17.1. The van der Waals surface area contributed by atoms with E-state index in [1.807, 2.05) is 59.3 Å². The van der Waals surface area contributed by atoms with Gasteiger partial charge in [-0.2, -0.15) is 6.07 Å². The third-order valence-corrected chi connectivity index (χ3v) is 10.7. The molecule has 0 saturated carbocycles. The maximum atomic E-state index is 6.94. The predicted octanol–water partition coefficient (Wildman–Crippen LogP) is 11.8. The Kier molecular flexibility index (Phi) is 10.1. The third-order valence-electron chi connectivity index (χ3n) is 10.7. The average molecular weight is 955 g/mol. The van der Waals surface area contributed by atoms with Gasteiger partial charge in [-0.15, -0.1) is 23.6 Å². The fraction of sp³-hybridized carbons (Fsp3) is 0.220. The molecule has 0 spiro atoms. The van der Waals surface area contributed by atoms with Crippen molar-refractivity contribution < 1.29 is 25.8 Å². The molecule has 1 aliphatic rings. The summed E-state index contributed by atoms with van der Waals surface area (Å²) in [4.78, 5) is 20.0. The Labute approximate surface area is 359 Å². The maximum Gasteiger partial charge on any atom is 2.00 e. The quantitative estimate of drug-likeness (QED) is 0.123. The smallest absolute Gasteiger partial charge is 0.508 e. The van der Waals surface area contributed by atoms with Crippen molar-refractivity contribution in [3.63, 3.8) is 0 Å². The van der Waals surface area contributed by atoms with E-state index in [2.05, 4.69) is 144 Å².